The second kappa shape index (κ2) is 4.45. The lowest BCUT2D eigenvalue weighted by Gasteiger charge is -2.05. The first kappa shape index (κ1) is 10.3. The van der Waals surface area contributed by atoms with Gasteiger partial charge in [-0.15, -0.1) is 0 Å². The van der Waals surface area contributed by atoms with Gasteiger partial charge in [0.1, 0.15) is 5.75 Å². The van der Waals surface area contributed by atoms with Crippen LogP contribution in [-0.4, -0.2) is 24.8 Å². The van der Waals surface area contributed by atoms with E-state index in [1.54, 1.807) is 0 Å². The molecule has 0 radical (unpaired) electrons. The van der Waals surface area contributed by atoms with E-state index in [2.05, 4.69) is 0 Å². The second-order valence-electron chi connectivity index (χ2n) is 2.48. The van der Waals surface area contributed by atoms with Gasteiger partial charge in [0.05, 0.1) is 7.11 Å². The highest BCUT2D eigenvalue weighted by molar-refractivity contribution is 5.68. The molecule has 0 bridgehead atoms. The van der Waals surface area contributed by atoms with Crippen LogP contribution in [0.1, 0.15) is 0 Å². The van der Waals surface area contributed by atoms with Crippen LogP contribution in [-0.2, 0) is 4.79 Å². The van der Waals surface area contributed by atoms with Crippen molar-refractivity contribution in [3.05, 3.63) is 24.0 Å². The Kier molecular flexibility index (Phi) is 3.28. The van der Waals surface area contributed by atoms with Crippen molar-refractivity contribution in [3.8, 4) is 11.5 Å². The molecule has 0 aliphatic heterocycles. The molecular formula is C9H9FO4. The van der Waals surface area contributed by atoms with Crippen molar-refractivity contribution in [2.45, 2.75) is 0 Å². The molecule has 1 N–H and O–H groups in total. The molecule has 0 aromatic heterocycles. The number of benzene rings is 1. The number of carbonyl (C=O) groups is 1. The molecule has 0 atom stereocenters. The van der Waals surface area contributed by atoms with Crippen molar-refractivity contribution in [2.75, 3.05) is 13.7 Å². The van der Waals surface area contributed by atoms with Crippen molar-refractivity contribution >= 4 is 5.97 Å². The molecule has 0 spiro atoms. The molecule has 0 aliphatic rings. The maximum Gasteiger partial charge on any atom is 0.341 e. The topological polar surface area (TPSA) is 55.8 Å². The summed E-state index contributed by atoms with van der Waals surface area (Å²) in [6.07, 6.45) is 0. The lowest BCUT2D eigenvalue weighted by atomic mass is 10.3. The first-order valence-corrected chi connectivity index (χ1v) is 3.81. The number of rotatable bonds is 4. The maximum absolute atomic E-state index is 12.9. The molecule has 1 aromatic rings. The average Bonchev–Trinajstić information content (AvgIpc) is 2.16. The number of carboxylic acids is 1. The Hall–Kier alpha value is -1.78. The maximum atomic E-state index is 12.9. The van der Waals surface area contributed by atoms with Crippen LogP contribution in [0.25, 0.3) is 0 Å². The summed E-state index contributed by atoms with van der Waals surface area (Å²) >= 11 is 0. The van der Waals surface area contributed by atoms with Crippen molar-refractivity contribution < 1.29 is 23.8 Å². The molecule has 0 unspecified atom stereocenters. The Bertz CT molecular complexity index is 338. The smallest absolute Gasteiger partial charge is 0.341 e. The van der Waals surface area contributed by atoms with Crippen molar-refractivity contribution in [1.29, 1.82) is 0 Å². The van der Waals surface area contributed by atoms with Crippen molar-refractivity contribution in [2.24, 2.45) is 0 Å². The summed E-state index contributed by atoms with van der Waals surface area (Å²) in [5.74, 6) is -1.33. The van der Waals surface area contributed by atoms with Gasteiger partial charge in [-0.3, -0.25) is 0 Å². The number of hydrogen-bond donors (Lipinski definition) is 1. The van der Waals surface area contributed by atoms with E-state index in [0.717, 1.165) is 6.07 Å². The largest absolute Gasteiger partial charge is 0.494 e. The van der Waals surface area contributed by atoms with Gasteiger partial charge in [-0.05, 0) is 12.1 Å². The molecule has 1 aromatic carbocycles. The summed E-state index contributed by atoms with van der Waals surface area (Å²) in [5, 5.41) is 8.33. The average molecular weight is 200 g/mol. The van der Waals surface area contributed by atoms with Gasteiger partial charge in [-0.1, -0.05) is 0 Å². The Morgan fingerprint density at radius 1 is 1.57 bits per heavy atom. The van der Waals surface area contributed by atoms with Crippen LogP contribution in [0, 0.1) is 5.82 Å². The molecule has 76 valence electrons. The molecule has 4 nitrogen and oxygen atoms in total. The number of carboxylic acid groups (broad SMARTS) is 1. The van der Waals surface area contributed by atoms with Gasteiger partial charge in [0.15, 0.2) is 18.2 Å². The van der Waals surface area contributed by atoms with E-state index < -0.39 is 18.4 Å². The zero-order chi connectivity index (χ0) is 10.6. The van der Waals surface area contributed by atoms with Crippen LogP contribution >= 0.6 is 0 Å². The summed E-state index contributed by atoms with van der Waals surface area (Å²) in [4.78, 5) is 10.2. The van der Waals surface area contributed by atoms with Crippen LogP contribution in [0.3, 0.4) is 0 Å². The quantitative estimate of drug-likeness (QED) is 0.795. The van der Waals surface area contributed by atoms with E-state index in [1.165, 1.54) is 19.2 Å². The van der Waals surface area contributed by atoms with Crippen LogP contribution in [0.5, 0.6) is 11.5 Å². The molecule has 0 heterocycles. The predicted octanol–water partition coefficient (Wildman–Crippen LogP) is 1.30. The van der Waals surface area contributed by atoms with E-state index in [-0.39, 0.29) is 11.5 Å². The Labute approximate surface area is 79.9 Å². The molecule has 1 rings (SSSR count). The molecule has 0 amide bonds. The van der Waals surface area contributed by atoms with E-state index in [1.807, 2.05) is 0 Å². The Balaban J connectivity index is 2.74. The third kappa shape index (κ3) is 2.62. The Morgan fingerprint density at radius 2 is 2.29 bits per heavy atom. The fraction of sp³-hybridized carbons (Fsp3) is 0.222. The summed E-state index contributed by atoms with van der Waals surface area (Å²) in [6.45, 7) is -0.464. The summed E-state index contributed by atoms with van der Waals surface area (Å²) in [6, 6.07) is 3.77. The summed E-state index contributed by atoms with van der Waals surface area (Å²) in [7, 11) is 1.32. The summed E-state index contributed by atoms with van der Waals surface area (Å²) in [5.41, 5.74) is 0. The Morgan fingerprint density at radius 3 is 2.86 bits per heavy atom. The number of hydrogen-bond acceptors (Lipinski definition) is 3. The molecule has 14 heavy (non-hydrogen) atoms. The minimum absolute atomic E-state index is 0.0212. The van der Waals surface area contributed by atoms with Crippen LogP contribution in [0.15, 0.2) is 18.2 Å². The minimum atomic E-state index is -1.09. The van der Waals surface area contributed by atoms with E-state index in [0.29, 0.717) is 0 Å². The number of halogens is 1. The van der Waals surface area contributed by atoms with Gasteiger partial charge in [-0.25, -0.2) is 9.18 Å². The first-order chi connectivity index (χ1) is 6.63. The number of ether oxygens (including phenoxy) is 2. The van der Waals surface area contributed by atoms with Gasteiger partial charge in [-0.2, -0.15) is 0 Å². The van der Waals surface area contributed by atoms with Crippen LogP contribution in [0.4, 0.5) is 4.39 Å². The van der Waals surface area contributed by atoms with E-state index in [9.17, 15) is 9.18 Å². The lowest BCUT2D eigenvalue weighted by molar-refractivity contribution is -0.139. The van der Waals surface area contributed by atoms with Gasteiger partial charge in [0.25, 0.3) is 0 Å². The van der Waals surface area contributed by atoms with Crippen LogP contribution in [0.2, 0.25) is 0 Å². The van der Waals surface area contributed by atoms with Gasteiger partial charge in [0, 0.05) is 6.07 Å². The third-order valence-electron chi connectivity index (χ3n) is 1.48. The van der Waals surface area contributed by atoms with Crippen molar-refractivity contribution in [3.63, 3.8) is 0 Å². The molecule has 0 fully saturated rings. The number of methoxy groups -OCH3 is 1. The highest BCUT2D eigenvalue weighted by atomic mass is 19.1. The lowest BCUT2D eigenvalue weighted by Crippen LogP contribution is -2.09. The SMILES string of the molecule is COc1cc(OCC(=O)O)ccc1F. The standard InChI is InChI=1S/C9H9FO4/c1-13-8-4-6(2-3-7(8)10)14-5-9(11)12/h2-4H,5H2,1H3,(H,11,12). The minimum Gasteiger partial charge on any atom is -0.494 e. The van der Waals surface area contributed by atoms with Gasteiger partial charge in [0.2, 0.25) is 0 Å². The highest BCUT2D eigenvalue weighted by Gasteiger charge is 2.05. The molecule has 5 heteroatoms. The van der Waals surface area contributed by atoms with Crippen LogP contribution < -0.4 is 9.47 Å². The fourth-order valence-electron chi connectivity index (χ4n) is 0.875. The number of aliphatic carboxylic acids is 1. The molecule has 0 saturated heterocycles. The van der Waals surface area contributed by atoms with E-state index >= 15 is 0 Å². The van der Waals surface area contributed by atoms with E-state index in [4.69, 9.17) is 14.6 Å². The third-order valence-corrected chi connectivity index (χ3v) is 1.48. The molecule has 0 aliphatic carbocycles. The van der Waals surface area contributed by atoms with Gasteiger partial charge < -0.3 is 14.6 Å². The fourth-order valence-corrected chi connectivity index (χ4v) is 0.875. The zero-order valence-corrected chi connectivity index (χ0v) is 7.49. The monoisotopic (exact) mass is 200 g/mol. The normalized spacial score (nSPS) is 9.57. The van der Waals surface area contributed by atoms with Gasteiger partial charge >= 0.3 is 5.97 Å². The zero-order valence-electron chi connectivity index (χ0n) is 7.49. The predicted molar refractivity (Wildman–Crippen MR) is 46.1 cm³/mol. The molecule has 0 saturated carbocycles. The first-order valence-electron chi connectivity index (χ1n) is 3.81. The highest BCUT2D eigenvalue weighted by Crippen LogP contribution is 2.22. The summed E-state index contributed by atoms with van der Waals surface area (Å²) < 4.78 is 22.4. The molecular weight excluding hydrogens is 191 g/mol. The van der Waals surface area contributed by atoms with Crippen molar-refractivity contribution in [1.82, 2.24) is 0 Å². The second-order valence-corrected chi connectivity index (χ2v) is 2.48.